The highest BCUT2D eigenvalue weighted by Gasteiger charge is 2.29. The van der Waals surface area contributed by atoms with Crippen molar-refractivity contribution in [2.24, 2.45) is 5.41 Å². The molecular formula is C17H22O5. The molecule has 0 N–H and O–H groups in total. The van der Waals surface area contributed by atoms with Crippen molar-refractivity contribution in [1.82, 2.24) is 0 Å². The normalized spacial score (nSPS) is 20.6. The van der Waals surface area contributed by atoms with Gasteiger partial charge in [-0.2, -0.15) is 0 Å². The second kappa shape index (κ2) is 7.20. The summed E-state index contributed by atoms with van der Waals surface area (Å²) in [5.41, 5.74) is 1.43. The van der Waals surface area contributed by atoms with Gasteiger partial charge in [0, 0.05) is 23.5 Å². The van der Waals surface area contributed by atoms with Crippen LogP contribution in [0, 0.1) is 5.41 Å². The summed E-state index contributed by atoms with van der Waals surface area (Å²) in [5, 5.41) is 0. The Morgan fingerprint density at radius 3 is 2.50 bits per heavy atom. The quantitative estimate of drug-likeness (QED) is 0.338. The smallest absolute Gasteiger partial charge is 0.334 e. The van der Waals surface area contributed by atoms with Crippen molar-refractivity contribution in [3.05, 3.63) is 34.9 Å². The van der Waals surface area contributed by atoms with E-state index in [0.717, 1.165) is 11.9 Å². The van der Waals surface area contributed by atoms with E-state index in [2.05, 4.69) is 0 Å². The van der Waals surface area contributed by atoms with E-state index >= 15 is 0 Å². The van der Waals surface area contributed by atoms with Crippen LogP contribution in [0.25, 0.3) is 0 Å². The molecule has 22 heavy (non-hydrogen) atoms. The minimum absolute atomic E-state index is 0.0260. The van der Waals surface area contributed by atoms with Gasteiger partial charge < -0.3 is 9.47 Å². The third kappa shape index (κ3) is 4.69. The molecular weight excluding hydrogens is 284 g/mol. The molecule has 0 aliphatic heterocycles. The van der Waals surface area contributed by atoms with E-state index in [1.807, 2.05) is 26.8 Å². The molecule has 1 aliphatic carbocycles. The molecule has 0 radical (unpaired) electrons. The van der Waals surface area contributed by atoms with Crippen LogP contribution < -0.4 is 0 Å². The van der Waals surface area contributed by atoms with E-state index in [0.29, 0.717) is 11.1 Å². The molecule has 0 saturated carbocycles. The Hall–Kier alpha value is -2.17. The van der Waals surface area contributed by atoms with Gasteiger partial charge in [0.1, 0.15) is 19.0 Å². The lowest BCUT2D eigenvalue weighted by molar-refractivity contribution is -0.142. The fourth-order valence-electron chi connectivity index (χ4n) is 2.14. The zero-order chi connectivity index (χ0) is 16.9. The molecule has 1 atom stereocenters. The molecule has 0 saturated heterocycles. The van der Waals surface area contributed by atoms with Crippen molar-refractivity contribution in [1.29, 1.82) is 0 Å². The summed E-state index contributed by atoms with van der Waals surface area (Å²) in [6.07, 6.45) is 5.30. The zero-order valence-electron chi connectivity index (χ0n) is 13.6. The summed E-state index contributed by atoms with van der Waals surface area (Å²) in [6, 6.07) is 0. The first-order chi connectivity index (χ1) is 10.2. The molecule has 0 aromatic heterocycles. The van der Waals surface area contributed by atoms with Gasteiger partial charge in [0.15, 0.2) is 0 Å². The molecule has 5 heteroatoms. The Balaban J connectivity index is 2.78. The van der Waals surface area contributed by atoms with Crippen LogP contribution in [-0.4, -0.2) is 30.9 Å². The van der Waals surface area contributed by atoms with Gasteiger partial charge >= 0.3 is 11.9 Å². The average Bonchev–Trinajstić information content (AvgIpc) is 2.40. The van der Waals surface area contributed by atoms with Gasteiger partial charge in [-0.1, -0.05) is 19.9 Å². The summed E-state index contributed by atoms with van der Waals surface area (Å²) >= 11 is 0. The average molecular weight is 306 g/mol. The fraction of sp³-hybridized carbons (Fsp3) is 0.471. The van der Waals surface area contributed by atoms with Crippen molar-refractivity contribution in [3.63, 3.8) is 0 Å². The van der Waals surface area contributed by atoms with E-state index < -0.39 is 18.0 Å². The third-order valence-electron chi connectivity index (χ3n) is 3.47. The number of allylic oxidation sites excluding steroid dienone is 2. The minimum Gasteiger partial charge on any atom is -0.462 e. The van der Waals surface area contributed by atoms with Crippen molar-refractivity contribution >= 4 is 18.2 Å². The standard InChI is InChI=1S/C17H22O5/c1-11(6-7-21-13(3)19)16(20)22-15-8-14(10-18)17(4,5)9-12(15)2/h6,8-10,15H,7H2,1-5H3. The summed E-state index contributed by atoms with van der Waals surface area (Å²) in [7, 11) is 0. The molecule has 1 unspecified atom stereocenters. The highest BCUT2D eigenvalue weighted by Crippen LogP contribution is 2.34. The molecule has 0 spiro atoms. The molecule has 0 aromatic rings. The molecule has 1 aliphatic rings. The van der Waals surface area contributed by atoms with Gasteiger partial charge in [-0.3, -0.25) is 9.59 Å². The third-order valence-corrected chi connectivity index (χ3v) is 3.47. The summed E-state index contributed by atoms with van der Waals surface area (Å²) < 4.78 is 10.1. The highest BCUT2D eigenvalue weighted by atomic mass is 16.5. The zero-order valence-corrected chi connectivity index (χ0v) is 13.6. The first kappa shape index (κ1) is 17.9. The van der Waals surface area contributed by atoms with E-state index in [4.69, 9.17) is 9.47 Å². The van der Waals surface area contributed by atoms with Crippen LogP contribution in [0.1, 0.15) is 34.6 Å². The number of aldehydes is 1. The van der Waals surface area contributed by atoms with Crippen LogP contribution >= 0.6 is 0 Å². The number of ether oxygens (including phenoxy) is 2. The molecule has 5 nitrogen and oxygen atoms in total. The van der Waals surface area contributed by atoms with Crippen LogP contribution in [0.4, 0.5) is 0 Å². The number of carbonyl (C=O) groups excluding carboxylic acids is 3. The Morgan fingerprint density at radius 2 is 1.95 bits per heavy atom. The van der Waals surface area contributed by atoms with Gasteiger partial charge in [-0.05, 0) is 31.6 Å². The van der Waals surface area contributed by atoms with Crippen LogP contribution in [0.5, 0.6) is 0 Å². The maximum atomic E-state index is 12.0. The first-order valence-electron chi connectivity index (χ1n) is 7.05. The van der Waals surface area contributed by atoms with Gasteiger partial charge in [0.25, 0.3) is 0 Å². The summed E-state index contributed by atoms with van der Waals surface area (Å²) in [5.74, 6) is -0.921. The van der Waals surface area contributed by atoms with Crippen molar-refractivity contribution < 1.29 is 23.9 Å². The van der Waals surface area contributed by atoms with Crippen LogP contribution in [-0.2, 0) is 23.9 Å². The van der Waals surface area contributed by atoms with Gasteiger partial charge in [-0.15, -0.1) is 0 Å². The lowest BCUT2D eigenvalue weighted by Crippen LogP contribution is -2.27. The molecule has 0 fully saturated rings. The first-order valence-corrected chi connectivity index (χ1v) is 7.05. The maximum Gasteiger partial charge on any atom is 0.334 e. The lowest BCUT2D eigenvalue weighted by Gasteiger charge is -2.30. The van der Waals surface area contributed by atoms with Gasteiger partial charge in [0.2, 0.25) is 0 Å². The number of hydrogen-bond donors (Lipinski definition) is 0. The molecule has 120 valence electrons. The van der Waals surface area contributed by atoms with E-state index in [1.54, 1.807) is 13.0 Å². The fourth-order valence-corrected chi connectivity index (χ4v) is 2.14. The maximum absolute atomic E-state index is 12.0. The lowest BCUT2D eigenvalue weighted by atomic mass is 9.78. The second-order valence-corrected chi connectivity index (χ2v) is 5.87. The predicted octanol–water partition coefficient (Wildman–Crippen LogP) is 2.52. The highest BCUT2D eigenvalue weighted by molar-refractivity contribution is 5.88. The summed E-state index contributed by atoms with van der Waals surface area (Å²) in [6.45, 7) is 8.62. The Morgan fingerprint density at radius 1 is 1.32 bits per heavy atom. The number of carbonyl (C=O) groups is 3. The molecule has 0 aromatic carbocycles. The Kier molecular flexibility index (Phi) is 5.85. The Bertz CT molecular complexity index is 564. The Labute approximate surface area is 130 Å². The summed E-state index contributed by atoms with van der Waals surface area (Å²) in [4.78, 5) is 33.8. The molecule has 0 heterocycles. The molecule has 0 amide bonds. The van der Waals surface area contributed by atoms with Crippen LogP contribution in [0.3, 0.4) is 0 Å². The number of hydrogen-bond acceptors (Lipinski definition) is 5. The second-order valence-electron chi connectivity index (χ2n) is 5.87. The molecule has 1 rings (SSSR count). The van der Waals surface area contributed by atoms with E-state index in [1.165, 1.54) is 13.0 Å². The van der Waals surface area contributed by atoms with Crippen molar-refractivity contribution in [2.75, 3.05) is 6.61 Å². The topological polar surface area (TPSA) is 69.7 Å². The van der Waals surface area contributed by atoms with Crippen molar-refractivity contribution in [2.45, 2.75) is 40.7 Å². The number of esters is 2. The molecule has 0 bridgehead atoms. The number of rotatable bonds is 5. The SMILES string of the molecule is CC(=O)OCC=C(C)C(=O)OC1C=C(C=O)C(C)(C)C=C1C. The van der Waals surface area contributed by atoms with Gasteiger partial charge in [-0.25, -0.2) is 4.79 Å². The van der Waals surface area contributed by atoms with E-state index in [-0.39, 0.29) is 12.0 Å². The minimum atomic E-state index is -0.558. The van der Waals surface area contributed by atoms with Crippen LogP contribution in [0.15, 0.2) is 34.9 Å². The van der Waals surface area contributed by atoms with Crippen LogP contribution in [0.2, 0.25) is 0 Å². The van der Waals surface area contributed by atoms with E-state index in [9.17, 15) is 14.4 Å². The van der Waals surface area contributed by atoms with Crippen molar-refractivity contribution in [3.8, 4) is 0 Å². The largest absolute Gasteiger partial charge is 0.462 e. The predicted molar refractivity (Wildman–Crippen MR) is 82.0 cm³/mol. The monoisotopic (exact) mass is 306 g/mol. The van der Waals surface area contributed by atoms with Gasteiger partial charge in [0.05, 0.1) is 0 Å².